The van der Waals surface area contributed by atoms with Crippen molar-refractivity contribution in [1.29, 1.82) is 5.26 Å². The highest BCUT2D eigenvalue weighted by Gasteiger charge is 2.25. The number of hydrogen-bond donors (Lipinski definition) is 0. The number of halogens is 2. The molecular formula is C26H31F2N. The number of hydrogen-bond acceptors (Lipinski definition) is 1. The van der Waals surface area contributed by atoms with Gasteiger partial charge in [-0.3, -0.25) is 0 Å². The molecule has 1 fully saturated rings. The van der Waals surface area contributed by atoms with Crippen molar-refractivity contribution in [2.45, 2.75) is 71.1 Å². The van der Waals surface area contributed by atoms with Crippen LogP contribution >= 0.6 is 0 Å². The molecule has 2 aromatic carbocycles. The fourth-order valence-corrected chi connectivity index (χ4v) is 4.76. The first-order chi connectivity index (χ1) is 14.0. The fourth-order valence-electron chi connectivity index (χ4n) is 4.76. The highest BCUT2D eigenvalue weighted by molar-refractivity contribution is 5.65. The lowest BCUT2D eigenvalue weighted by Crippen LogP contribution is -2.19. The second-order valence-corrected chi connectivity index (χ2v) is 8.61. The Bertz CT molecular complexity index is 819. The van der Waals surface area contributed by atoms with Crippen molar-refractivity contribution in [3.63, 3.8) is 0 Å². The van der Waals surface area contributed by atoms with Gasteiger partial charge >= 0.3 is 0 Å². The van der Waals surface area contributed by atoms with Gasteiger partial charge in [0.1, 0.15) is 23.3 Å². The van der Waals surface area contributed by atoms with Gasteiger partial charge in [-0.25, -0.2) is 8.78 Å². The van der Waals surface area contributed by atoms with Gasteiger partial charge in [0, 0.05) is 0 Å². The zero-order chi connectivity index (χ0) is 20.8. The molecule has 1 aliphatic carbocycles. The summed E-state index contributed by atoms with van der Waals surface area (Å²) < 4.78 is 27.8. The zero-order valence-corrected chi connectivity index (χ0v) is 17.6. The molecule has 29 heavy (non-hydrogen) atoms. The summed E-state index contributed by atoms with van der Waals surface area (Å²) in [4.78, 5) is 0. The van der Waals surface area contributed by atoms with Crippen LogP contribution in [0.5, 0.6) is 0 Å². The van der Waals surface area contributed by atoms with Gasteiger partial charge in [-0.05, 0) is 59.4 Å². The normalized spacial score (nSPS) is 20.2. The van der Waals surface area contributed by atoms with Crippen molar-refractivity contribution in [3.05, 3.63) is 59.2 Å². The van der Waals surface area contributed by atoms with Crippen LogP contribution in [0.3, 0.4) is 0 Å². The molecule has 0 N–H and O–H groups in total. The lowest BCUT2D eigenvalue weighted by atomic mass is 9.73. The van der Waals surface area contributed by atoms with Crippen LogP contribution in [-0.4, -0.2) is 0 Å². The molecule has 0 heterocycles. The molecule has 0 aromatic heterocycles. The summed E-state index contributed by atoms with van der Waals surface area (Å²) in [6, 6.07) is 12.1. The summed E-state index contributed by atoms with van der Waals surface area (Å²) in [5.41, 5.74) is 2.00. The standard InChI is InChI=1S/C26H31F2N/c1-3-4-5-6-19-7-9-20(10-8-19)18(2)21-11-13-22(14-12-21)23-15-25(27)24(17-29)26(28)16-23/h11-16,18-20H,3-10H2,1-2H3. The number of rotatable bonds is 7. The number of unbranched alkanes of at least 4 members (excludes halogenated alkanes) is 2. The number of benzene rings is 2. The maximum Gasteiger partial charge on any atom is 0.144 e. The average molecular weight is 396 g/mol. The van der Waals surface area contributed by atoms with E-state index < -0.39 is 17.2 Å². The maximum absolute atomic E-state index is 13.9. The molecule has 3 heteroatoms. The third-order valence-electron chi connectivity index (χ3n) is 6.74. The van der Waals surface area contributed by atoms with Crippen LogP contribution in [0.15, 0.2) is 36.4 Å². The third kappa shape index (κ3) is 5.24. The SMILES string of the molecule is CCCCCC1CCC(C(C)c2ccc(-c3cc(F)c(C#N)c(F)c3)cc2)CC1. The Morgan fingerprint density at radius 3 is 2.14 bits per heavy atom. The Balaban J connectivity index is 1.63. The van der Waals surface area contributed by atoms with Crippen LogP contribution in [-0.2, 0) is 0 Å². The van der Waals surface area contributed by atoms with E-state index in [2.05, 4.69) is 26.0 Å². The molecule has 0 spiro atoms. The molecule has 1 atom stereocenters. The van der Waals surface area contributed by atoms with Gasteiger partial charge in [-0.1, -0.05) is 76.6 Å². The molecule has 1 unspecified atom stereocenters. The van der Waals surface area contributed by atoms with Crippen molar-refractivity contribution < 1.29 is 8.78 Å². The summed E-state index contributed by atoms with van der Waals surface area (Å²) in [5.74, 6) is 0.503. The molecule has 1 saturated carbocycles. The summed E-state index contributed by atoms with van der Waals surface area (Å²) in [7, 11) is 0. The van der Waals surface area contributed by atoms with E-state index in [1.165, 1.54) is 69.1 Å². The summed E-state index contributed by atoms with van der Waals surface area (Å²) >= 11 is 0. The minimum absolute atomic E-state index is 0.464. The predicted molar refractivity (Wildman–Crippen MR) is 115 cm³/mol. The van der Waals surface area contributed by atoms with Crippen LogP contribution in [0, 0.1) is 34.8 Å². The van der Waals surface area contributed by atoms with Gasteiger partial charge in [0.15, 0.2) is 0 Å². The second kappa shape index (κ2) is 10.0. The fraction of sp³-hybridized carbons (Fsp3) is 0.500. The first kappa shape index (κ1) is 21.5. The predicted octanol–water partition coefficient (Wildman–Crippen LogP) is 7.99. The molecule has 1 aliphatic rings. The van der Waals surface area contributed by atoms with Crippen molar-refractivity contribution in [2.24, 2.45) is 11.8 Å². The summed E-state index contributed by atoms with van der Waals surface area (Å²) in [6.07, 6.45) is 10.7. The number of nitriles is 1. The molecule has 0 saturated heterocycles. The van der Waals surface area contributed by atoms with Crippen LogP contribution in [0.25, 0.3) is 11.1 Å². The first-order valence-electron chi connectivity index (χ1n) is 11.0. The molecular weight excluding hydrogens is 364 g/mol. The van der Waals surface area contributed by atoms with Crippen molar-refractivity contribution in [1.82, 2.24) is 0 Å². The smallest absolute Gasteiger partial charge is 0.144 e. The highest BCUT2D eigenvalue weighted by atomic mass is 19.1. The Kier molecular flexibility index (Phi) is 7.42. The van der Waals surface area contributed by atoms with E-state index in [4.69, 9.17) is 5.26 Å². The van der Waals surface area contributed by atoms with E-state index in [9.17, 15) is 8.78 Å². The minimum Gasteiger partial charge on any atom is -0.205 e. The van der Waals surface area contributed by atoms with Gasteiger partial charge in [0.05, 0.1) is 0 Å². The summed E-state index contributed by atoms with van der Waals surface area (Å²) in [5, 5.41) is 8.82. The van der Waals surface area contributed by atoms with E-state index >= 15 is 0 Å². The molecule has 0 aliphatic heterocycles. The second-order valence-electron chi connectivity index (χ2n) is 8.61. The van der Waals surface area contributed by atoms with Crippen molar-refractivity contribution >= 4 is 0 Å². The Morgan fingerprint density at radius 1 is 0.966 bits per heavy atom. The lowest BCUT2D eigenvalue weighted by Gasteiger charge is -2.32. The molecule has 0 radical (unpaired) electrons. The maximum atomic E-state index is 13.9. The van der Waals surface area contributed by atoms with Crippen molar-refractivity contribution in [3.8, 4) is 17.2 Å². The van der Waals surface area contributed by atoms with Crippen LogP contribution in [0.2, 0.25) is 0 Å². The van der Waals surface area contributed by atoms with Crippen molar-refractivity contribution in [2.75, 3.05) is 0 Å². The monoisotopic (exact) mass is 395 g/mol. The quantitative estimate of drug-likeness (QED) is 0.436. The van der Waals surface area contributed by atoms with Gasteiger partial charge in [-0.15, -0.1) is 0 Å². The third-order valence-corrected chi connectivity index (χ3v) is 6.74. The molecule has 154 valence electrons. The summed E-state index contributed by atoms with van der Waals surface area (Å²) in [6.45, 7) is 4.57. The molecule has 0 amide bonds. The topological polar surface area (TPSA) is 23.8 Å². The lowest BCUT2D eigenvalue weighted by molar-refractivity contribution is 0.236. The van der Waals surface area contributed by atoms with E-state index in [1.54, 1.807) is 6.07 Å². The van der Waals surface area contributed by atoms with Gasteiger partial charge in [-0.2, -0.15) is 5.26 Å². The largest absolute Gasteiger partial charge is 0.205 e. The number of nitrogens with zero attached hydrogens (tertiary/aromatic N) is 1. The molecule has 1 nitrogen and oxygen atoms in total. The first-order valence-corrected chi connectivity index (χ1v) is 11.0. The highest BCUT2D eigenvalue weighted by Crippen LogP contribution is 2.40. The van der Waals surface area contributed by atoms with Crippen LogP contribution in [0.4, 0.5) is 8.78 Å². The molecule has 0 bridgehead atoms. The van der Waals surface area contributed by atoms with E-state index in [-0.39, 0.29) is 0 Å². The minimum atomic E-state index is -0.810. The van der Waals surface area contributed by atoms with E-state index in [1.807, 2.05) is 12.1 Å². The average Bonchev–Trinajstić information content (AvgIpc) is 2.74. The molecule has 2 aromatic rings. The van der Waals surface area contributed by atoms with Crippen LogP contribution in [0.1, 0.15) is 82.3 Å². The van der Waals surface area contributed by atoms with Gasteiger partial charge in [0.2, 0.25) is 0 Å². The van der Waals surface area contributed by atoms with Gasteiger partial charge in [0.25, 0.3) is 0 Å². The Labute approximate surface area is 173 Å². The van der Waals surface area contributed by atoms with Gasteiger partial charge < -0.3 is 0 Å². The van der Waals surface area contributed by atoms with E-state index in [0.29, 0.717) is 17.4 Å². The van der Waals surface area contributed by atoms with E-state index in [0.717, 1.165) is 11.5 Å². The Hall–Kier alpha value is -2.21. The zero-order valence-electron chi connectivity index (χ0n) is 17.6. The Morgan fingerprint density at radius 2 is 1.59 bits per heavy atom. The van der Waals surface area contributed by atoms with Crippen LogP contribution < -0.4 is 0 Å². The molecule has 3 rings (SSSR count).